The standard InChI is InChI=1S/C20H20BrCl2N3O/c1-13(12-24-3)26(4)20(2,14-5-7-15(21)8-6-14)19(27)25-18-10-16(22)9-17(23)11-18/h5-12H,3H2,1-2,4H3,(H,25,27)/b13-12-. The van der Waals surface area contributed by atoms with Crippen LogP contribution >= 0.6 is 39.1 Å². The van der Waals surface area contributed by atoms with Crippen LogP contribution in [0.2, 0.25) is 10.0 Å². The Balaban J connectivity index is 2.50. The van der Waals surface area contributed by atoms with E-state index in [0.717, 1.165) is 15.7 Å². The summed E-state index contributed by atoms with van der Waals surface area (Å²) in [6.45, 7) is 7.21. The van der Waals surface area contributed by atoms with E-state index in [9.17, 15) is 4.79 Å². The van der Waals surface area contributed by atoms with Crippen molar-refractivity contribution in [2.24, 2.45) is 4.99 Å². The minimum absolute atomic E-state index is 0.234. The molecule has 0 fully saturated rings. The van der Waals surface area contributed by atoms with Crippen LogP contribution in [0.1, 0.15) is 19.4 Å². The maximum atomic E-state index is 13.4. The van der Waals surface area contributed by atoms with Gasteiger partial charge in [0, 0.05) is 39.2 Å². The molecule has 0 aromatic heterocycles. The molecular weight excluding hydrogens is 449 g/mol. The van der Waals surface area contributed by atoms with Crippen molar-refractivity contribution < 1.29 is 4.79 Å². The van der Waals surface area contributed by atoms with Crippen molar-refractivity contribution >= 4 is 57.4 Å². The summed E-state index contributed by atoms with van der Waals surface area (Å²) >= 11 is 15.5. The minimum Gasteiger partial charge on any atom is -0.359 e. The monoisotopic (exact) mass is 467 g/mol. The first-order valence-electron chi connectivity index (χ1n) is 8.08. The number of hydrogen-bond acceptors (Lipinski definition) is 3. The second-order valence-electron chi connectivity index (χ2n) is 6.20. The number of carbonyl (C=O) groups is 1. The van der Waals surface area contributed by atoms with Gasteiger partial charge in [-0.3, -0.25) is 9.79 Å². The third-order valence-corrected chi connectivity index (χ3v) is 5.41. The molecule has 1 N–H and O–H groups in total. The number of likely N-dealkylation sites (N-methyl/N-ethyl adjacent to an activating group) is 1. The zero-order valence-corrected chi connectivity index (χ0v) is 18.4. The van der Waals surface area contributed by atoms with Crippen LogP contribution < -0.4 is 5.32 Å². The molecule has 0 saturated heterocycles. The van der Waals surface area contributed by atoms with Crippen molar-refractivity contribution in [2.45, 2.75) is 19.4 Å². The van der Waals surface area contributed by atoms with E-state index in [1.807, 2.05) is 50.1 Å². The Morgan fingerprint density at radius 3 is 2.30 bits per heavy atom. The number of nitrogens with one attached hydrogen (secondary N) is 1. The van der Waals surface area contributed by atoms with Gasteiger partial charge in [-0.15, -0.1) is 0 Å². The first-order valence-corrected chi connectivity index (χ1v) is 9.63. The van der Waals surface area contributed by atoms with Gasteiger partial charge >= 0.3 is 0 Å². The zero-order chi connectivity index (χ0) is 20.2. The number of hydrogen-bond donors (Lipinski definition) is 1. The Morgan fingerprint density at radius 2 is 1.78 bits per heavy atom. The van der Waals surface area contributed by atoms with Crippen molar-refractivity contribution in [2.75, 3.05) is 12.4 Å². The van der Waals surface area contributed by atoms with Crippen LogP contribution in [0.5, 0.6) is 0 Å². The largest absolute Gasteiger partial charge is 0.359 e. The molecule has 7 heteroatoms. The smallest absolute Gasteiger partial charge is 0.254 e. The lowest BCUT2D eigenvalue weighted by molar-refractivity contribution is -0.126. The van der Waals surface area contributed by atoms with E-state index in [2.05, 4.69) is 33.0 Å². The highest BCUT2D eigenvalue weighted by atomic mass is 79.9. The topological polar surface area (TPSA) is 44.7 Å². The Hall–Kier alpha value is -1.82. The maximum absolute atomic E-state index is 13.4. The van der Waals surface area contributed by atoms with E-state index in [0.29, 0.717) is 15.7 Å². The van der Waals surface area contributed by atoms with Gasteiger partial charge in [0.05, 0.1) is 0 Å². The molecule has 0 bridgehead atoms. The summed E-state index contributed by atoms with van der Waals surface area (Å²) in [5, 5.41) is 3.82. The normalized spacial score (nSPS) is 13.6. The van der Waals surface area contributed by atoms with E-state index >= 15 is 0 Å². The van der Waals surface area contributed by atoms with Gasteiger partial charge in [-0.25, -0.2) is 0 Å². The van der Waals surface area contributed by atoms with Crippen LogP contribution in [0.15, 0.2) is 63.8 Å². The quantitative estimate of drug-likeness (QED) is 0.520. The number of nitrogens with zero attached hydrogens (tertiary/aromatic N) is 2. The summed E-state index contributed by atoms with van der Waals surface area (Å²) in [6, 6.07) is 12.5. The van der Waals surface area contributed by atoms with Crippen LogP contribution in [0.25, 0.3) is 0 Å². The predicted molar refractivity (Wildman–Crippen MR) is 118 cm³/mol. The molecule has 4 nitrogen and oxygen atoms in total. The van der Waals surface area contributed by atoms with E-state index in [1.54, 1.807) is 24.4 Å². The predicted octanol–water partition coefficient (Wildman–Crippen LogP) is 6.10. The molecule has 0 saturated carbocycles. The van der Waals surface area contributed by atoms with E-state index < -0.39 is 5.54 Å². The van der Waals surface area contributed by atoms with E-state index in [4.69, 9.17) is 23.2 Å². The van der Waals surface area contributed by atoms with Crippen molar-refractivity contribution in [3.05, 3.63) is 74.4 Å². The number of rotatable bonds is 6. The summed E-state index contributed by atoms with van der Waals surface area (Å²) in [7, 11) is 1.84. The first kappa shape index (κ1) is 21.5. The van der Waals surface area contributed by atoms with Crippen LogP contribution in [0.4, 0.5) is 5.69 Å². The number of benzene rings is 2. The van der Waals surface area contributed by atoms with Gasteiger partial charge in [-0.05, 0) is 56.5 Å². The van der Waals surface area contributed by atoms with Crippen molar-refractivity contribution in [1.29, 1.82) is 0 Å². The highest BCUT2D eigenvalue weighted by molar-refractivity contribution is 9.10. The summed E-state index contributed by atoms with van der Waals surface area (Å²) in [5.41, 5.74) is 1.11. The molecule has 0 aliphatic rings. The van der Waals surface area contributed by atoms with Crippen molar-refractivity contribution in [1.82, 2.24) is 4.90 Å². The maximum Gasteiger partial charge on any atom is 0.254 e. The summed E-state index contributed by atoms with van der Waals surface area (Å²) in [4.78, 5) is 19.0. The lowest BCUT2D eigenvalue weighted by Gasteiger charge is -2.39. The molecule has 142 valence electrons. The molecule has 27 heavy (non-hydrogen) atoms. The van der Waals surface area contributed by atoms with Gasteiger partial charge in [0.2, 0.25) is 0 Å². The highest BCUT2D eigenvalue weighted by Crippen LogP contribution is 2.33. The Labute approximate surface area is 178 Å². The summed E-state index contributed by atoms with van der Waals surface area (Å²) in [6.07, 6.45) is 1.61. The molecule has 0 aliphatic heterocycles. The van der Waals surface area contributed by atoms with Crippen LogP contribution in [0, 0.1) is 0 Å². The third kappa shape index (κ3) is 4.92. The SMILES string of the molecule is C=N/C=C(/C)N(C)C(C)(C(=O)Nc1cc(Cl)cc(Cl)c1)c1ccc(Br)cc1. The van der Waals surface area contributed by atoms with Gasteiger partial charge in [-0.2, -0.15) is 0 Å². The fraction of sp³-hybridized carbons (Fsp3) is 0.200. The number of allylic oxidation sites excluding steroid dienone is 1. The Morgan fingerprint density at radius 1 is 1.22 bits per heavy atom. The van der Waals surface area contributed by atoms with Gasteiger partial charge < -0.3 is 10.2 Å². The molecule has 2 aromatic carbocycles. The Kier molecular flexibility index (Phi) is 7.09. The van der Waals surface area contributed by atoms with Crippen molar-refractivity contribution in [3.63, 3.8) is 0 Å². The van der Waals surface area contributed by atoms with Crippen molar-refractivity contribution in [3.8, 4) is 0 Å². The number of aliphatic imine (C=N–C) groups is 1. The highest BCUT2D eigenvalue weighted by Gasteiger charge is 2.40. The summed E-state index contributed by atoms with van der Waals surface area (Å²) in [5.74, 6) is -0.234. The Bertz CT molecular complexity index is 863. The zero-order valence-electron chi connectivity index (χ0n) is 15.3. The molecule has 0 spiro atoms. The van der Waals surface area contributed by atoms with Gasteiger partial charge in [0.1, 0.15) is 5.54 Å². The second kappa shape index (κ2) is 8.91. The minimum atomic E-state index is -1.01. The lowest BCUT2D eigenvalue weighted by atomic mass is 9.88. The molecule has 2 rings (SSSR count). The molecule has 1 unspecified atom stereocenters. The molecule has 0 heterocycles. The summed E-state index contributed by atoms with van der Waals surface area (Å²) < 4.78 is 0.929. The van der Waals surface area contributed by atoms with Crippen LogP contribution in [0.3, 0.4) is 0 Å². The van der Waals surface area contributed by atoms with Gasteiger partial charge in [0.25, 0.3) is 5.91 Å². The van der Waals surface area contributed by atoms with E-state index in [1.165, 1.54) is 0 Å². The molecule has 0 aliphatic carbocycles. The van der Waals surface area contributed by atoms with Gasteiger partial charge in [0.15, 0.2) is 0 Å². The third-order valence-electron chi connectivity index (χ3n) is 4.45. The average molecular weight is 469 g/mol. The van der Waals surface area contributed by atoms with Crippen LogP contribution in [-0.4, -0.2) is 24.6 Å². The molecule has 0 radical (unpaired) electrons. The first-order chi connectivity index (χ1) is 12.7. The second-order valence-corrected chi connectivity index (χ2v) is 7.99. The fourth-order valence-electron chi connectivity index (χ4n) is 2.70. The van der Waals surface area contributed by atoms with Crippen LogP contribution in [-0.2, 0) is 10.3 Å². The fourth-order valence-corrected chi connectivity index (χ4v) is 3.49. The number of amides is 1. The molecule has 2 aromatic rings. The lowest BCUT2D eigenvalue weighted by Crippen LogP contribution is -2.49. The number of anilines is 1. The number of halogens is 3. The number of carbonyl (C=O) groups excluding carboxylic acids is 1. The molecule has 1 amide bonds. The van der Waals surface area contributed by atoms with E-state index in [-0.39, 0.29) is 5.91 Å². The molecule has 1 atom stereocenters. The molecular formula is C20H20BrCl2N3O. The van der Waals surface area contributed by atoms with Gasteiger partial charge in [-0.1, -0.05) is 51.3 Å². The average Bonchev–Trinajstić information content (AvgIpc) is 2.60.